The lowest BCUT2D eigenvalue weighted by Gasteiger charge is -2.14. The summed E-state index contributed by atoms with van der Waals surface area (Å²) >= 11 is 0. The summed E-state index contributed by atoms with van der Waals surface area (Å²) in [6.45, 7) is 9.01. The molecule has 0 amide bonds. The van der Waals surface area contributed by atoms with Crippen molar-refractivity contribution in [3.05, 3.63) is 29.8 Å². The van der Waals surface area contributed by atoms with Gasteiger partial charge in [0.25, 0.3) is 0 Å². The van der Waals surface area contributed by atoms with Crippen LogP contribution >= 0.6 is 0 Å². The van der Waals surface area contributed by atoms with E-state index >= 15 is 0 Å². The smallest absolute Gasteiger partial charge is 0.372 e. The van der Waals surface area contributed by atoms with Crippen molar-refractivity contribution in [2.45, 2.75) is 33.1 Å². The minimum Gasteiger partial charge on any atom is -1.00 e. The molecule has 1 aliphatic rings. The van der Waals surface area contributed by atoms with Crippen molar-refractivity contribution in [3.63, 3.8) is 0 Å². The van der Waals surface area contributed by atoms with Crippen LogP contribution in [0.3, 0.4) is 0 Å². The highest BCUT2D eigenvalue weighted by atomic mass is 79.9. The topological polar surface area (TPSA) is 29.3 Å². The second-order valence-electron chi connectivity index (χ2n) is 5.12. The van der Waals surface area contributed by atoms with Gasteiger partial charge in [0.2, 0.25) is 12.2 Å². The summed E-state index contributed by atoms with van der Waals surface area (Å²) < 4.78 is 7.10. The number of halogens is 1. The summed E-state index contributed by atoms with van der Waals surface area (Å²) in [6.07, 6.45) is 0. The van der Waals surface area contributed by atoms with E-state index in [1.54, 1.807) is 0 Å². The molecule has 0 atom stereocenters. The van der Waals surface area contributed by atoms with Crippen LogP contribution in [0.1, 0.15) is 33.3 Å². The molecule has 0 aliphatic carbocycles. The highest BCUT2D eigenvalue weighted by molar-refractivity contribution is 5.94. The first-order valence-corrected chi connectivity index (χ1v) is 6.35. The van der Waals surface area contributed by atoms with E-state index in [4.69, 9.17) is 4.74 Å². The maximum Gasteiger partial charge on any atom is 0.372 e. The Balaban J connectivity index is 0.00000180. The van der Waals surface area contributed by atoms with Gasteiger partial charge in [-0.05, 0) is 20.8 Å². The Hall–Kier alpha value is -1.16. The van der Waals surface area contributed by atoms with Crippen molar-refractivity contribution in [1.82, 2.24) is 0 Å². The molecule has 0 N–H and O–H groups in total. The molecule has 19 heavy (non-hydrogen) atoms. The fourth-order valence-electron chi connectivity index (χ4n) is 2.49. The first kappa shape index (κ1) is 15.9. The fraction of sp³-hybridized carbons (Fsp3) is 0.467. The molecular formula is C15H20BrNO2. The van der Waals surface area contributed by atoms with Crippen LogP contribution in [0, 0.1) is 0 Å². The van der Waals surface area contributed by atoms with Gasteiger partial charge in [-0.15, -0.1) is 0 Å². The third kappa shape index (κ3) is 2.73. The van der Waals surface area contributed by atoms with E-state index in [2.05, 4.69) is 37.5 Å². The summed E-state index contributed by atoms with van der Waals surface area (Å²) in [5.74, 6) is -0.177. The molecule has 1 aliphatic heterocycles. The van der Waals surface area contributed by atoms with Gasteiger partial charge in [-0.1, -0.05) is 18.2 Å². The highest BCUT2D eigenvalue weighted by Gasteiger charge is 2.43. The van der Waals surface area contributed by atoms with Crippen LogP contribution in [0.25, 0.3) is 0 Å². The minimum atomic E-state index is -0.177. The van der Waals surface area contributed by atoms with E-state index in [1.807, 2.05) is 19.1 Å². The number of hydrogen-bond donors (Lipinski definition) is 0. The molecule has 0 spiro atoms. The number of esters is 1. The minimum absolute atomic E-state index is 0. The van der Waals surface area contributed by atoms with E-state index < -0.39 is 0 Å². The van der Waals surface area contributed by atoms with Crippen molar-refractivity contribution < 1.29 is 31.1 Å². The molecule has 1 aromatic rings. The Bertz CT molecular complexity index is 521. The van der Waals surface area contributed by atoms with Gasteiger partial charge in [-0.2, -0.15) is 4.58 Å². The van der Waals surface area contributed by atoms with Crippen molar-refractivity contribution >= 4 is 17.4 Å². The van der Waals surface area contributed by atoms with Gasteiger partial charge in [-0.25, -0.2) is 4.79 Å². The molecule has 0 saturated heterocycles. The van der Waals surface area contributed by atoms with E-state index in [0.29, 0.717) is 13.2 Å². The molecule has 0 saturated carbocycles. The maximum atomic E-state index is 11.7. The van der Waals surface area contributed by atoms with Crippen LogP contribution in [0.15, 0.2) is 24.3 Å². The van der Waals surface area contributed by atoms with Crippen LogP contribution in [0.4, 0.5) is 5.69 Å². The highest BCUT2D eigenvalue weighted by Crippen LogP contribution is 2.38. The molecule has 3 nitrogen and oxygen atoms in total. The van der Waals surface area contributed by atoms with E-state index in [9.17, 15) is 4.79 Å². The van der Waals surface area contributed by atoms with Crippen molar-refractivity contribution in [3.8, 4) is 0 Å². The van der Waals surface area contributed by atoms with Crippen molar-refractivity contribution in [2.24, 2.45) is 0 Å². The van der Waals surface area contributed by atoms with Crippen LogP contribution in [0.2, 0.25) is 0 Å². The van der Waals surface area contributed by atoms with Crippen molar-refractivity contribution in [1.29, 1.82) is 0 Å². The van der Waals surface area contributed by atoms with E-state index in [0.717, 1.165) is 5.69 Å². The number of benzene rings is 1. The first-order chi connectivity index (χ1) is 8.48. The van der Waals surface area contributed by atoms with Crippen LogP contribution < -0.4 is 17.0 Å². The summed E-state index contributed by atoms with van der Waals surface area (Å²) in [7, 11) is 0. The predicted octanol–water partition coefficient (Wildman–Crippen LogP) is -0.350. The van der Waals surface area contributed by atoms with E-state index in [1.165, 1.54) is 11.3 Å². The van der Waals surface area contributed by atoms with Crippen LogP contribution in [-0.4, -0.2) is 29.4 Å². The monoisotopic (exact) mass is 325 g/mol. The maximum absolute atomic E-state index is 11.7. The third-order valence-electron chi connectivity index (χ3n) is 3.77. The Kier molecular flexibility index (Phi) is 4.91. The standard InChI is InChI=1S/C15H20NO2.BrH/c1-5-18-14(17)10-16-11(2)15(3,4)12-8-6-7-9-13(12)16;/h6-9H,5,10H2,1-4H3;1H/q+1;/p-1. The van der Waals surface area contributed by atoms with Gasteiger partial charge in [0.05, 0.1) is 12.0 Å². The second-order valence-corrected chi connectivity index (χ2v) is 5.12. The second kappa shape index (κ2) is 5.87. The first-order valence-electron chi connectivity index (χ1n) is 6.35. The molecule has 1 heterocycles. The van der Waals surface area contributed by atoms with Gasteiger partial charge in [0.1, 0.15) is 0 Å². The Labute approximate surface area is 125 Å². The van der Waals surface area contributed by atoms with Gasteiger partial charge < -0.3 is 21.7 Å². The molecule has 1 aromatic carbocycles. The normalized spacial score (nSPS) is 15.8. The molecule has 0 aromatic heterocycles. The average Bonchev–Trinajstić information content (AvgIpc) is 2.52. The molecule has 2 rings (SSSR count). The number of nitrogens with zero attached hydrogens (tertiary/aromatic N) is 1. The number of ether oxygens (including phenoxy) is 1. The lowest BCUT2D eigenvalue weighted by atomic mass is 9.82. The number of para-hydroxylation sites is 1. The van der Waals surface area contributed by atoms with E-state index in [-0.39, 0.29) is 28.4 Å². The molecule has 0 fully saturated rings. The largest absolute Gasteiger partial charge is 1.00 e. The molecule has 0 radical (unpaired) electrons. The quantitative estimate of drug-likeness (QED) is 0.561. The van der Waals surface area contributed by atoms with Crippen LogP contribution in [0.5, 0.6) is 0 Å². The fourth-order valence-corrected chi connectivity index (χ4v) is 2.49. The summed E-state index contributed by atoms with van der Waals surface area (Å²) in [6, 6.07) is 8.24. The van der Waals surface area contributed by atoms with Gasteiger partial charge >= 0.3 is 5.97 Å². The number of rotatable bonds is 3. The lowest BCUT2D eigenvalue weighted by molar-refractivity contribution is -0.429. The van der Waals surface area contributed by atoms with Gasteiger partial charge in [0.15, 0.2) is 5.71 Å². The average molecular weight is 326 g/mol. The van der Waals surface area contributed by atoms with Gasteiger partial charge in [-0.3, -0.25) is 0 Å². The zero-order chi connectivity index (χ0) is 13.3. The zero-order valence-electron chi connectivity index (χ0n) is 11.9. The van der Waals surface area contributed by atoms with Crippen molar-refractivity contribution in [2.75, 3.05) is 13.2 Å². The molecule has 4 heteroatoms. The summed E-state index contributed by atoms with van der Waals surface area (Å²) in [5.41, 5.74) is 3.56. The summed E-state index contributed by atoms with van der Waals surface area (Å²) in [4.78, 5) is 11.7. The number of carbonyl (C=O) groups excluding carboxylic acids is 1. The van der Waals surface area contributed by atoms with Gasteiger partial charge in [0, 0.05) is 18.6 Å². The molecular weight excluding hydrogens is 306 g/mol. The number of hydrogen-bond acceptors (Lipinski definition) is 2. The molecule has 104 valence electrons. The molecule has 0 bridgehead atoms. The third-order valence-corrected chi connectivity index (χ3v) is 3.77. The number of carbonyl (C=O) groups is 1. The predicted molar refractivity (Wildman–Crippen MR) is 71.6 cm³/mol. The lowest BCUT2D eigenvalue weighted by Crippen LogP contribution is -3.00. The molecule has 0 unspecified atom stereocenters. The Morgan fingerprint density at radius 2 is 1.95 bits per heavy atom. The Morgan fingerprint density at radius 1 is 1.32 bits per heavy atom. The number of fused-ring (bicyclic) bond motifs is 1. The summed E-state index contributed by atoms with van der Waals surface area (Å²) in [5, 5.41) is 0. The zero-order valence-corrected chi connectivity index (χ0v) is 13.5. The SMILES string of the molecule is CCOC(=O)C[N+]1=C(C)C(C)(C)c2ccccc21.[Br-]. The van der Waals surface area contributed by atoms with Crippen LogP contribution in [-0.2, 0) is 14.9 Å². The Morgan fingerprint density at radius 3 is 2.58 bits per heavy atom.